The third kappa shape index (κ3) is 2.83. The van der Waals surface area contributed by atoms with Gasteiger partial charge in [-0.25, -0.2) is 0 Å². The highest BCUT2D eigenvalue weighted by Gasteiger charge is 2.52. The molecule has 0 radical (unpaired) electrons. The minimum atomic E-state index is -0.254. The lowest BCUT2D eigenvalue weighted by molar-refractivity contribution is -0.126. The first-order valence-electron chi connectivity index (χ1n) is 8.34. The van der Waals surface area contributed by atoms with Crippen molar-refractivity contribution < 1.29 is 9.53 Å². The van der Waals surface area contributed by atoms with E-state index in [0.29, 0.717) is 19.1 Å². The van der Waals surface area contributed by atoms with E-state index in [1.165, 1.54) is 18.4 Å². The van der Waals surface area contributed by atoms with Crippen molar-refractivity contribution in [3.8, 4) is 0 Å². The molecule has 2 aliphatic carbocycles. The monoisotopic (exact) mass is 363 g/mol. The molecule has 4 heteroatoms. The minimum absolute atomic E-state index is 0.254. The molecule has 0 unspecified atom stereocenters. The maximum absolute atomic E-state index is 12.7. The van der Waals surface area contributed by atoms with Crippen molar-refractivity contribution in [3.05, 3.63) is 34.3 Å². The first kappa shape index (κ1) is 14.7. The summed E-state index contributed by atoms with van der Waals surface area (Å²) in [5.41, 5.74) is 0.942. The molecule has 3 aliphatic rings. The van der Waals surface area contributed by atoms with E-state index in [2.05, 4.69) is 33.4 Å². The third-order valence-electron chi connectivity index (χ3n) is 5.49. The number of benzene rings is 1. The van der Waals surface area contributed by atoms with E-state index in [-0.39, 0.29) is 17.4 Å². The van der Waals surface area contributed by atoms with Crippen LogP contribution in [-0.2, 0) is 15.1 Å². The fourth-order valence-electron chi connectivity index (χ4n) is 3.88. The van der Waals surface area contributed by atoms with Crippen LogP contribution < -0.4 is 5.32 Å². The molecule has 118 valence electrons. The van der Waals surface area contributed by atoms with Crippen molar-refractivity contribution in [1.82, 2.24) is 5.32 Å². The molecule has 1 aromatic carbocycles. The lowest BCUT2D eigenvalue weighted by Gasteiger charge is -2.39. The summed E-state index contributed by atoms with van der Waals surface area (Å²) in [5.74, 6) is 2.03. The highest BCUT2D eigenvalue weighted by atomic mass is 79.9. The molecule has 0 spiro atoms. The lowest BCUT2D eigenvalue weighted by atomic mass is 9.82. The topological polar surface area (TPSA) is 38.3 Å². The van der Waals surface area contributed by atoms with Crippen molar-refractivity contribution >= 4 is 21.8 Å². The van der Waals surface area contributed by atoms with Gasteiger partial charge in [-0.15, -0.1) is 0 Å². The Bertz CT molecular complexity index is 578. The number of hydrogen-bond donors (Lipinski definition) is 1. The Morgan fingerprint density at radius 3 is 2.73 bits per heavy atom. The number of carbonyl (C=O) groups is 1. The van der Waals surface area contributed by atoms with Gasteiger partial charge in [0, 0.05) is 23.6 Å². The van der Waals surface area contributed by atoms with E-state index in [1.54, 1.807) is 0 Å². The third-order valence-corrected chi connectivity index (χ3v) is 5.98. The molecule has 2 atom stereocenters. The smallest absolute Gasteiger partial charge is 0.224 e. The summed E-state index contributed by atoms with van der Waals surface area (Å²) in [7, 11) is 0. The summed E-state index contributed by atoms with van der Waals surface area (Å²) in [6.45, 7) is 1.42. The van der Waals surface area contributed by atoms with E-state index >= 15 is 0 Å². The van der Waals surface area contributed by atoms with Gasteiger partial charge in [0.1, 0.15) is 0 Å². The van der Waals surface area contributed by atoms with Crippen LogP contribution in [0.5, 0.6) is 0 Å². The van der Waals surface area contributed by atoms with Crippen LogP contribution in [0, 0.1) is 17.8 Å². The summed E-state index contributed by atoms with van der Waals surface area (Å²) >= 11 is 3.55. The summed E-state index contributed by atoms with van der Waals surface area (Å²) in [5, 5.41) is 3.41. The van der Waals surface area contributed by atoms with Crippen molar-refractivity contribution in [2.75, 3.05) is 13.2 Å². The van der Waals surface area contributed by atoms with Crippen LogP contribution in [0.3, 0.4) is 0 Å². The standard InChI is InChI=1S/C18H22BrNO2/c19-14-3-1-2-13(10-14)18(6-8-22-9-7-18)20-17(21)16-11-15(16)12-4-5-12/h1-3,10,12,15-16H,4-9,11H2,(H,20,21)/t15-,16-/m1/s1. The second-order valence-corrected chi connectivity index (χ2v) is 7.95. The van der Waals surface area contributed by atoms with Crippen LogP contribution in [0.15, 0.2) is 28.7 Å². The number of halogens is 1. The Hall–Kier alpha value is -0.870. The molecule has 1 aliphatic heterocycles. The van der Waals surface area contributed by atoms with Gasteiger partial charge in [-0.05, 0) is 61.6 Å². The fraction of sp³-hybridized carbons (Fsp3) is 0.611. The van der Waals surface area contributed by atoms with Crippen LogP contribution in [0.2, 0.25) is 0 Å². The highest BCUT2D eigenvalue weighted by Crippen LogP contribution is 2.54. The van der Waals surface area contributed by atoms with Crippen LogP contribution >= 0.6 is 15.9 Å². The van der Waals surface area contributed by atoms with Gasteiger partial charge in [-0.3, -0.25) is 4.79 Å². The number of nitrogens with one attached hydrogen (secondary N) is 1. The number of hydrogen-bond acceptors (Lipinski definition) is 2. The van der Waals surface area contributed by atoms with Crippen LogP contribution in [0.25, 0.3) is 0 Å². The zero-order chi connectivity index (χ0) is 15.2. The molecule has 0 aromatic heterocycles. The number of ether oxygens (including phenoxy) is 1. The van der Waals surface area contributed by atoms with E-state index in [9.17, 15) is 4.79 Å². The predicted octanol–water partition coefficient (Wildman–Crippen LogP) is 3.62. The average molecular weight is 364 g/mol. The molecular weight excluding hydrogens is 342 g/mol. The van der Waals surface area contributed by atoms with Gasteiger partial charge in [0.25, 0.3) is 0 Å². The molecule has 2 saturated carbocycles. The van der Waals surface area contributed by atoms with E-state index in [1.807, 2.05) is 12.1 Å². The van der Waals surface area contributed by atoms with Crippen LogP contribution in [-0.4, -0.2) is 19.1 Å². The molecule has 22 heavy (non-hydrogen) atoms. The minimum Gasteiger partial charge on any atom is -0.381 e. The Labute approximate surface area is 139 Å². The quantitative estimate of drug-likeness (QED) is 0.886. The van der Waals surface area contributed by atoms with Crippen molar-refractivity contribution in [3.63, 3.8) is 0 Å². The first-order valence-corrected chi connectivity index (χ1v) is 9.13. The van der Waals surface area contributed by atoms with Gasteiger partial charge in [0.2, 0.25) is 5.91 Å². The lowest BCUT2D eigenvalue weighted by Crippen LogP contribution is -2.50. The second kappa shape index (κ2) is 5.64. The largest absolute Gasteiger partial charge is 0.381 e. The number of carbonyl (C=O) groups excluding carboxylic acids is 1. The maximum Gasteiger partial charge on any atom is 0.224 e. The molecule has 3 nitrogen and oxygen atoms in total. The van der Waals surface area contributed by atoms with Crippen molar-refractivity contribution in [1.29, 1.82) is 0 Å². The van der Waals surface area contributed by atoms with Gasteiger partial charge in [0.05, 0.1) is 5.54 Å². The zero-order valence-corrected chi connectivity index (χ0v) is 14.3. The van der Waals surface area contributed by atoms with Crippen LogP contribution in [0.4, 0.5) is 0 Å². The van der Waals surface area contributed by atoms with E-state index < -0.39 is 0 Å². The average Bonchev–Trinajstić information content (AvgIpc) is 3.39. The van der Waals surface area contributed by atoms with E-state index in [4.69, 9.17) is 4.74 Å². The second-order valence-electron chi connectivity index (χ2n) is 7.04. The Morgan fingerprint density at radius 2 is 2.05 bits per heavy atom. The normalized spacial score (nSPS) is 29.9. The summed E-state index contributed by atoms with van der Waals surface area (Å²) < 4.78 is 6.60. The van der Waals surface area contributed by atoms with E-state index in [0.717, 1.165) is 29.7 Å². The molecule has 4 rings (SSSR count). The van der Waals surface area contributed by atoms with Gasteiger partial charge >= 0.3 is 0 Å². The fourth-order valence-corrected chi connectivity index (χ4v) is 4.28. The number of amides is 1. The molecule has 0 bridgehead atoms. The highest BCUT2D eigenvalue weighted by molar-refractivity contribution is 9.10. The molecular formula is C18H22BrNO2. The Morgan fingerprint density at radius 1 is 1.27 bits per heavy atom. The van der Waals surface area contributed by atoms with Gasteiger partial charge in [-0.1, -0.05) is 28.1 Å². The Kier molecular flexibility index (Phi) is 3.77. The summed E-state index contributed by atoms with van der Waals surface area (Å²) in [6.07, 6.45) is 5.48. The van der Waals surface area contributed by atoms with Crippen molar-refractivity contribution in [2.45, 2.75) is 37.6 Å². The molecule has 1 saturated heterocycles. The van der Waals surface area contributed by atoms with Crippen molar-refractivity contribution in [2.24, 2.45) is 17.8 Å². The van der Waals surface area contributed by atoms with Gasteiger partial charge in [-0.2, -0.15) is 0 Å². The Balaban J connectivity index is 1.54. The maximum atomic E-state index is 12.7. The molecule has 1 aromatic rings. The van der Waals surface area contributed by atoms with Crippen LogP contribution in [0.1, 0.15) is 37.7 Å². The zero-order valence-electron chi connectivity index (χ0n) is 12.7. The summed E-state index contributed by atoms with van der Waals surface area (Å²) in [4.78, 5) is 12.7. The van der Waals surface area contributed by atoms with Gasteiger partial charge in [0.15, 0.2) is 0 Å². The molecule has 1 N–H and O–H groups in total. The van der Waals surface area contributed by atoms with Gasteiger partial charge < -0.3 is 10.1 Å². The predicted molar refractivity (Wildman–Crippen MR) is 88.3 cm³/mol. The SMILES string of the molecule is O=C(NC1(c2cccc(Br)c2)CCOCC1)[C@@H]1C[C@@H]1C1CC1. The molecule has 1 amide bonds. The summed E-state index contributed by atoms with van der Waals surface area (Å²) in [6, 6.07) is 8.34. The molecule has 3 fully saturated rings. The number of rotatable bonds is 4. The first-order chi connectivity index (χ1) is 10.7. The molecule has 1 heterocycles.